The fourth-order valence-electron chi connectivity index (χ4n) is 2.84. The second-order valence-electron chi connectivity index (χ2n) is 6.14. The van der Waals surface area contributed by atoms with Gasteiger partial charge in [0.15, 0.2) is 0 Å². The van der Waals surface area contributed by atoms with Crippen LogP contribution in [0.4, 0.5) is 18.9 Å². The molecule has 0 N–H and O–H groups in total. The molecule has 3 nitrogen and oxygen atoms in total. The van der Waals surface area contributed by atoms with Gasteiger partial charge in [-0.3, -0.25) is 4.79 Å². The van der Waals surface area contributed by atoms with Crippen molar-refractivity contribution in [2.75, 3.05) is 0 Å². The van der Waals surface area contributed by atoms with E-state index in [2.05, 4.69) is 4.85 Å². The van der Waals surface area contributed by atoms with Gasteiger partial charge in [-0.15, -0.1) is 0 Å². The van der Waals surface area contributed by atoms with Crippen LogP contribution in [0.25, 0.3) is 16.1 Å². The van der Waals surface area contributed by atoms with Crippen molar-refractivity contribution in [1.29, 1.82) is 0 Å². The van der Waals surface area contributed by atoms with Gasteiger partial charge in [0.2, 0.25) is 0 Å². The number of nitrogens with zero attached hydrogens (tertiary/aromatic N) is 2. The summed E-state index contributed by atoms with van der Waals surface area (Å²) < 4.78 is 41.5. The summed E-state index contributed by atoms with van der Waals surface area (Å²) in [4.78, 5) is 15.7. The summed E-state index contributed by atoms with van der Waals surface area (Å²) in [7, 11) is 0. The highest BCUT2D eigenvalue weighted by molar-refractivity contribution is 5.66. The van der Waals surface area contributed by atoms with E-state index in [0.29, 0.717) is 5.56 Å². The second kappa shape index (κ2) is 7.12. The molecule has 0 amide bonds. The molecule has 0 unspecified atom stereocenters. The van der Waals surface area contributed by atoms with Crippen molar-refractivity contribution in [3.05, 3.63) is 99.1 Å². The van der Waals surface area contributed by atoms with Crippen molar-refractivity contribution >= 4 is 5.69 Å². The van der Waals surface area contributed by atoms with Gasteiger partial charge < -0.3 is 4.57 Å². The van der Waals surface area contributed by atoms with Crippen molar-refractivity contribution in [1.82, 2.24) is 4.57 Å². The van der Waals surface area contributed by atoms with E-state index in [1.165, 1.54) is 4.57 Å². The molecule has 1 aromatic heterocycles. The molecule has 27 heavy (non-hydrogen) atoms. The molecule has 0 bridgehead atoms. The third-order valence-corrected chi connectivity index (χ3v) is 4.22. The minimum atomic E-state index is -4.79. The Morgan fingerprint density at radius 1 is 1.04 bits per heavy atom. The van der Waals surface area contributed by atoms with Crippen LogP contribution in [0, 0.1) is 13.5 Å². The van der Waals surface area contributed by atoms with Gasteiger partial charge in [-0.1, -0.05) is 60.2 Å². The van der Waals surface area contributed by atoms with Crippen LogP contribution in [-0.4, -0.2) is 4.57 Å². The molecule has 136 valence electrons. The quantitative estimate of drug-likeness (QED) is 0.565. The molecular weight excluding hydrogens is 353 g/mol. The Kier molecular flexibility index (Phi) is 4.87. The molecule has 0 aliphatic heterocycles. The predicted molar refractivity (Wildman–Crippen MR) is 97.7 cm³/mol. The van der Waals surface area contributed by atoms with Gasteiger partial charge in [-0.25, -0.2) is 4.85 Å². The monoisotopic (exact) mass is 368 g/mol. The number of aryl methyl sites for hydroxylation is 1. The van der Waals surface area contributed by atoms with E-state index in [9.17, 15) is 18.0 Å². The lowest BCUT2D eigenvalue weighted by atomic mass is 10.1. The highest BCUT2D eigenvalue weighted by atomic mass is 19.4. The van der Waals surface area contributed by atoms with Crippen LogP contribution in [0.5, 0.6) is 0 Å². The standard InChI is InChI=1S/C21H15F3N2O/c1-14-8-10-15(11-9-14)13-26-18(16-6-4-3-5-7-16)12-17(21(22,23)24)19(25-2)20(26)27/h3-12H,13H2,1H3. The predicted octanol–water partition coefficient (Wildman–Crippen LogP) is 5.44. The molecule has 2 aromatic carbocycles. The maximum absolute atomic E-state index is 13.4. The molecule has 3 rings (SSSR count). The molecule has 0 saturated heterocycles. The van der Waals surface area contributed by atoms with Crippen LogP contribution in [-0.2, 0) is 12.7 Å². The molecule has 0 radical (unpaired) electrons. The Hall–Kier alpha value is -3.33. The molecule has 0 saturated carbocycles. The molecule has 0 aliphatic carbocycles. The van der Waals surface area contributed by atoms with E-state index >= 15 is 0 Å². The number of alkyl halides is 3. The molecule has 0 aliphatic rings. The van der Waals surface area contributed by atoms with Gasteiger partial charge in [0, 0.05) is 12.2 Å². The summed E-state index contributed by atoms with van der Waals surface area (Å²) in [6.07, 6.45) is -4.79. The summed E-state index contributed by atoms with van der Waals surface area (Å²) in [6, 6.07) is 16.6. The van der Waals surface area contributed by atoms with E-state index in [4.69, 9.17) is 6.57 Å². The summed E-state index contributed by atoms with van der Waals surface area (Å²) in [5.41, 5.74) is -0.668. The van der Waals surface area contributed by atoms with Crippen LogP contribution < -0.4 is 5.56 Å². The first-order chi connectivity index (χ1) is 12.8. The Morgan fingerprint density at radius 3 is 2.22 bits per heavy atom. The van der Waals surface area contributed by atoms with Crippen LogP contribution >= 0.6 is 0 Å². The van der Waals surface area contributed by atoms with E-state index in [-0.39, 0.29) is 12.2 Å². The molecule has 0 spiro atoms. The van der Waals surface area contributed by atoms with E-state index < -0.39 is 23.0 Å². The number of hydrogen-bond donors (Lipinski definition) is 0. The number of pyridine rings is 1. The fraction of sp³-hybridized carbons (Fsp3) is 0.143. The largest absolute Gasteiger partial charge is 0.407 e. The molecule has 0 fully saturated rings. The van der Waals surface area contributed by atoms with Gasteiger partial charge in [-0.05, 0) is 24.1 Å². The summed E-state index contributed by atoms with van der Waals surface area (Å²) in [5, 5.41) is 0. The third-order valence-electron chi connectivity index (χ3n) is 4.22. The lowest BCUT2D eigenvalue weighted by Crippen LogP contribution is -2.25. The summed E-state index contributed by atoms with van der Waals surface area (Å²) in [5.74, 6) is 0. The molecule has 6 heteroatoms. The second-order valence-corrected chi connectivity index (χ2v) is 6.14. The van der Waals surface area contributed by atoms with Crippen molar-refractivity contribution < 1.29 is 13.2 Å². The Labute approximate surface area is 154 Å². The smallest absolute Gasteiger partial charge is 0.313 e. The number of halogens is 3. The van der Waals surface area contributed by atoms with Crippen LogP contribution in [0.2, 0.25) is 0 Å². The minimum absolute atomic E-state index is 0.0734. The van der Waals surface area contributed by atoms with Gasteiger partial charge >= 0.3 is 6.18 Å². The number of benzene rings is 2. The van der Waals surface area contributed by atoms with Crippen LogP contribution in [0.3, 0.4) is 0 Å². The van der Waals surface area contributed by atoms with Gasteiger partial charge in [0.25, 0.3) is 11.2 Å². The average Bonchev–Trinajstić information content (AvgIpc) is 2.64. The first kappa shape index (κ1) is 18.5. The first-order valence-electron chi connectivity index (χ1n) is 8.14. The molecule has 0 atom stereocenters. The third kappa shape index (κ3) is 3.77. The topological polar surface area (TPSA) is 26.4 Å². The lowest BCUT2D eigenvalue weighted by Gasteiger charge is -2.18. The van der Waals surface area contributed by atoms with Crippen LogP contribution in [0.15, 0.2) is 65.5 Å². The molecular formula is C21H15F3N2O. The highest BCUT2D eigenvalue weighted by Gasteiger charge is 2.36. The van der Waals surface area contributed by atoms with Gasteiger partial charge in [0.1, 0.15) is 0 Å². The fourth-order valence-corrected chi connectivity index (χ4v) is 2.84. The van der Waals surface area contributed by atoms with Crippen molar-refractivity contribution in [2.45, 2.75) is 19.6 Å². The minimum Gasteiger partial charge on any atom is -0.313 e. The van der Waals surface area contributed by atoms with E-state index in [1.807, 2.05) is 31.2 Å². The van der Waals surface area contributed by atoms with Crippen molar-refractivity contribution in [3.8, 4) is 11.3 Å². The van der Waals surface area contributed by atoms with Crippen molar-refractivity contribution in [3.63, 3.8) is 0 Å². The normalized spacial score (nSPS) is 11.2. The lowest BCUT2D eigenvalue weighted by molar-refractivity contribution is -0.136. The molecule has 1 heterocycles. The first-order valence-corrected chi connectivity index (χ1v) is 8.14. The Balaban J connectivity index is 2.28. The maximum Gasteiger partial charge on any atom is 0.407 e. The number of hydrogen-bond acceptors (Lipinski definition) is 1. The van der Waals surface area contributed by atoms with Crippen molar-refractivity contribution in [2.24, 2.45) is 0 Å². The van der Waals surface area contributed by atoms with E-state index in [1.54, 1.807) is 30.3 Å². The average molecular weight is 368 g/mol. The SMILES string of the molecule is [C-]#[N+]c1c(C(F)(F)F)cc(-c2ccccc2)n(Cc2ccc(C)cc2)c1=O. The maximum atomic E-state index is 13.4. The van der Waals surface area contributed by atoms with Gasteiger partial charge in [0.05, 0.1) is 12.1 Å². The zero-order chi connectivity index (χ0) is 19.6. The highest BCUT2D eigenvalue weighted by Crippen LogP contribution is 2.37. The summed E-state index contributed by atoms with van der Waals surface area (Å²) >= 11 is 0. The number of rotatable bonds is 3. The zero-order valence-corrected chi connectivity index (χ0v) is 14.4. The van der Waals surface area contributed by atoms with Crippen LogP contribution in [0.1, 0.15) is 16.7 Å². The number of aromatic nitrogens is 1. The Bertz CT molecular complexity index is 1060. The van der Waals surface area contributed by atoms with E-state index in [0.717, 1.165) is 17.2 Å². The molecule has 3 aromatic rings. The Morgan fingerprint density at radius 2 is 1.67 bits per heavy atom. The van der Waals surface area contributed by atoms with Gasteiger partial charge in [-0.2, -0.15) is 13.2 Å². The zero-order valence-electron chi connectivity index (χ0n) is 14.4. The summed E-state index contributed by atoms with van der Waals surface area (Å²) in [6.45, 7) is 9.09.